The van der Waals surface area contributed by atoms with Gasteiger partial charge < -0.3 is 9.80 Å². The normalized spacial score (nSPS) is 20.1. The molecule has 152 valence electrons. The lowest BCUT2D eigenvalue weighted by molar-refractivity contribution is 0.0725. The molecule has 2 saturated heterocycles. The SMILES string of the molecule is Cn1c(N2CC3CC2CN3C(=O)c2ccc(Br)cc2)nc(-c2ccncc2)cc1=O. The van der Waals surface area contributed by atoms with Crippen LogP contribution in [0.2, 0.25) is 0 Å². The third-order valence-corrected chi connectivity index (χ3v) is 6.47. The molecule has 0 radical (unpaired) electrons. The maximum absolute atomic E-state index is 13.0. The Hall–Kier alpha value is -3.00. The van der Waals surface area contributed by atoms with Gasteiger partial charge in [0.25, 0.3) is 11.5 Å². The van der Waals surface area contributed by atoms with Crippen molar-refractivity contribution in [3.63, 3.8) is 0 Å². The first-order valence-electron chi connectivity index (χ1n) is 9.83. The maximum Gasteiger partial charge on any atom is 0.255 e. The van der Waals surface area contributed by atoms with E-state index in [2.05, 4.69) is 25.8 Å². The van der Waals surface area contributed by atoms with Gasteiger partial charge in [-0.25, -0.2) is 4.98 Å². The van der Waals surface area contributed by atoms with E-state index in [-0.39, 0.29) is 23.6 Å². The molecule has 0 saturated carbocycles. The minimum Gasteiger partial charge on any atom is -0.335 e. The highest BCUT2D eigenvalue weighted by molar-refractivity contribution is 9.10. The summed E-state index contributed by atoms with van der Waals surface area (Å²) in [5, 5.41) is 0. The number of fused-ring (bicyclic) bond motifs is 2. The molecule has 0 N–H and O–H groups in total. The smallest absolute Gasteiger partial charge is 0.255 e. The fraction of sp³-hybridized carbons (Fsp3) is 0.273. The highest BCUT2D eigenvalue weighted by atomic mass is 79.9. The van der Waals surface area contributed by atoms with Gasteiger partial charge in [-0.15, -0.1) is 0 Å². The first kappa shape index (κ1) is 19.0. The highest BCUT2D eigenvalue weighted by Crippen LogP contribution is 2.34. The standard InChI is InChI=1S/C22H20BrN5O2/c1-26-20(29)11-19(14-6-8-24-9-7-14)25-22(26)28-13-17-10-18(28)12-27(17)21(30)15-2-4-16(23)5-3-15/h2-9,11,17-18H,10,12-13H2,1H3. The Morgan fingerprint density at radius 3 is 2.47 bits per heavy atom. The summed E-state index contributed by atoms with van der Waals surface area (Å²) < 4.78 is 2.54. The van der Waals surface area contributed by atoms with Gasteiger partial charge in [0.15, 0.2) is 0 Å². The number of benzene rings is 1. The highest BCUT2D eigenvalue weighted by Gasteiger charge is 2.46. The predicted molar refractivity (Wildman–Crippen MR) is 117 cm³/mol. The van der Waals surface area contributed by atoms with Gasteiger partial charge in [-0.2, -0.15) is 0 Å². The molecule has 1 aromatic carbocycles. The van der Waals surface area contributed by atoms with Crippen LogP contribution in [0.1, 0.15) is 16.8 Å². The van der Waals surface area contributed by atoms with E-state index in [0.29, 0.717) is 30.3 Å². The number of anilines is 1. The summed E-state index contributed by atoms with van der Waals surface area (Å²) in [6, 6.07) is 13.0. The van der Waals surface area contributed by atoms with Crippen LogP contribution in [0.4, 0.5) is 5.95 Å². The number of amides is 1. The Kier molecular flexibility index (Phi) is 4.66. The summed E-state index contributed by atoms with van der Waals surface area (Å²) in [6.45, 7) is 1.31. The summed E-state index contributed by atoms with van der Waals surface area (Å²) in [5.41, 5.74) is 2.10. The van der Waals surface area contributed by atoms with E-state index in [1.54, 1.807) is 30.1 Å². The summed E-state index contributed by atoms with van der Waals surface area (Å²) in [4.78, 5) is 38.5. The van der Waals surface area contributed by atoms with Gasteiger partial charge in [0.2, 0.25) is 5.95 Å². The second kappa shape index (κ2) is 7.36. The Balaban J connectivity index is 1.41. The first-order valence-corrected chi connectivity index (χ1v) is 10.6. The Labute approximate surface area is 182 Å². The van der Waals surface area contributed by atoms with Gasteiger partial charge in [-0.1, -0.05) is 15.9 Å². The summed E-state index contributed by atoms with van der Waals surface area (Å²) >= 11 is 3.41. The molecule has 5 rings (SSSR count). The van der Waals surface area contributed by atoms with E-state index in [0.717, 1.165) is 16.5 Å². The van der Waals surface area contributed by atoms with Gasteiger partial charge in [0, 0.05) is 54.2 Å². The van der Waals surface area contributed by atoms with E-state index < -0.39 is 0 Å². The molecule has 1 amide bonds. The largest absolute Gasteiger partial charge is 0.335 e. The zero-order chi connectivity index (χ0) is 20.8. The van der Waals surface area contributed by atoms with Crippen LogP contribution in [-0.4, -0.2) is 50.5 Å². The number of hydrogen-bond donors (Lipinski definition) is 0. The number of nitrogens with zero attached hydrogens (tertiary/aromatic N) is 5. The molecule has 7 nitrogen and oxygen atoms in total. The molecular formula is C22H20BrN5O2. The fourth-order valence-electron chi connectivity index (χ4n) is 4.37. The zero-order valence-electron chi connectivity index (χ0n) is 16.4. The van der Waals surface area contributed by atoms with E-state index in [1.807, 2.05) is 41.3 Å². The average molecular weight is 466 g/mol. The summed E-state index contributed by atoms with van der Waals surface area (Å²) in [5.74, 6) is 0.708. The Bertz CT molecular complexity index is 1160. The van der Waals surface area contributed by atoms with Crippen molar-refractivity contribution >= 4 is 27.8 Å². The molecule has 3 aromatic rings. The van der Waals surface area contributed by atoms with E-state index in [4.69, 9.17) is 4.98 Å². The number of carbonyl (C=O) groups is 1. The molecule has 2 aliphatic rings. The van der Waals surface area contributed by atoms with Crippen LogP contribution in [-0.2, 0) is 7.05 Å². The number of aromatic nitrogens is 3. The second-order valence-electron chi connectivity index (χ2n) is 7.73. The summed E-state index contributed by atoms with van der Waals surface area (Å²) in [6.07, 6.45) is 4.27. The van der Waals surface area contributed by atoms with E-state index in [9.17, 15) is 9.59 Å². The molecule has 30 heavy (non-hydrogen) atoms. The van der Waals surface area contributed by atoms with Crippen molar-refractivity contribution in [2.75, 3.05) is 18.0 Å². The number of hydrogen-bond acceptors (Lipinski definition) is 5. The van der Waals surface area contributed by atoms with Gasteiger partial charge in [0.05, 0.1) is 17.8 Å². The van der Waals surface area contributed by atoms with Crippen LogP contribution >= 0.6 is 15.9 Å². The molecular weight excluding hydrogens is 446 g/mol. The molecule has 0 spiro atoms. The molecule has 8 heteroatoms. The third-order valence-electron chi connectivity index (χ3n) is 5.94. The lowest BCUT2D eigenvalue weighted by Gasteiger charge is -2.35. The molecule has 2 bridgehead atoms. The van der Waals surface area contributed by atoms with Crippen LogP contribution in [0, 0.1) is 0 Å². The van der Waals surface area contributed by atoms with Gasteiger partial charge in [-0.3, -0.25) is 19.1 Å². The topological polar surface area (TPSA) is 71.3 Å². The van der Waals surface area contributed by atoms with E-state index >= 15 is 0 Å². The van der Waals surface area contributed by atoms with Crippen molar-refractivity contribution < 1.29 is 4.79 Å². The molecule has 2 unspecified atom stereocenters. The van der Waals surface area contributed by atoms with Crippen molar-refractivity contribution in [3.05, 3.63) is 75.2 Å². The van der Waals surface area contributed by atoms with Gasteiger partial charge in [-0.05, 0) is 42.8 Å². The van der Waals surface area contributed by atoms with Crippen LogP contribution in [0.25, 0.3) is 11.3 Å². The predicted octanol–water partition coefficient (Wildman–Crippen LogP) is 2.71. The van der Waals surface area contributed by atoms with Gasteiger partial charge in [0.1, 0.15) is 0 Å². The fourth-order valence-corrected chi connectivity index (χ4v) is 4.64. The third kappa shape index (κ3) is 3.21. The number of rotatable bonds is 3. The van der Waals surface area contributed by atoms with E-state index in [1.165, 1.54) is 0 Å². The van der Waals surface area contributed by atoms with Crippen molar-refractivity contribution in [3.8, 4) is 11.3 Å². The van der Waals surface area contributed by atoms with Crippen LogP contribution in [0.15, 0.2) is 64.1 Å². The molecule has 2 aromatic heterocycles. The summed E-state index contributed by atoms with van der Waals surface area (Å²) in [7, 11) is 1.75. The number of likely N-dealkylation sites (tertiary alicyclic amines) is 1. The minimum absolute atomic E-state index is 0.0574. The minimum atomic E-state index is -0.0996. The quantitative estimate of drug-likeness (QED) is 0.594. The number of piperazine rings is 1. The average Bonchev–Trinajstić information content (AvgIpc) is 3.37. The zero-order valence-corrected chi connectivity index (χ0v) is 18.0. The molecule has 4 heterocycles. The number of carbonyl (C=O) groups excluding carboxylic acids is 1. The Morgan fingerprint density at radius 1 is 1.07 bits per heavy atom. The van der Waals surface area contributed by atoms with Crippen molar-refractivity contribution in [1.82, 2.24) is 19.4 Å². The molecule has 0 aliphatic carbocycles. The van der Waals surface area contributed by atoms with Crippen molar-refractivity contribution in [2.45, 2.75) is 18.5 Å². The Morgan fingerprint density at radius 2 is 1.80 bits per heavy atom. The van der Waals surface area contributed by atoms with Crippen LogP contribution < -0.4 is 10.5 Å². The molecule has 2 aliphatic heterocycles. The molecule has 2 fully saturated rings. The van der Waals surface area contributed by atoms with Crippen molar-refractivity contribution in [2.24, 2.45) is 7.05 Å². The number of pyridine rings is 1. The molecule has 2 atom stereocenters. The maximum atomic E-state index is 13.0. The monoisotopic (exact) mass is 465 g/mol. The van der Waals surface area contributed by atoms with Crippen molar-refractivity contribution in [1.29, 1.82) is 0 Å². The lowest BCUT2D eigenvalue weighted by Crippen LogP contribution is -2.50. The lowest BCUT2D eigenvalue weighted by atomic mass is 10.2. The van der Waals surface area contributed by atoms with Crippen LogP contribution in [0.3, 0.4) is 0 Å². The van der Waals surface area contributed by atoms with Crippen LogP contribution in [0.5, 0.6) is 0 Å². The van der Waals surface area contributed by atoms with Gasteiger partial charge >= 0.3 is 0 Å². The number of halogens is 1. The first-order chi connectivity index (χ1) is 14.5. The second-order valence-corrected chi connectivity index (χ2v) is 8.65.